The van der Waals surface area contributed by atoms with Gasteiger partial charge in [-0.25, -0.2) is 9.48 Å². The largest absolute Gasteiger partial charge is 0.376 e. The van der Waals surface area contributed by atoms with Crippen molar-refractivity contribution in [2.45, 2.75) is 6.92 Å². The first-order valence-electron chi connectivity index (χ1n) is 6.19. The van der Waals surface area contributed by atoms with Crippen molar-refractivity contribution in [3.63, 3.8) is 0 Å². The number of rotatable bonds is 4. The monoisotopic (exact) mass is 289 g/mol. The standard InChI is InChI=1S/C12H15N7O2/c1-8-5-9(14-6-11(20)16-12(21)13-2)3-4-10(8)19-7-15-17-18-19/h3-5,7,14H,6H2,1-2H3,(H2,13,16,20,21). The average molecular weight is 289 g/mol. The number of carbonyl (C=O) groups is 2. The molecule has 3 N–H and O–H groups in total. The minimum Gasteiger partial charge on any atom is -0.376 e. The number of aryl methyl sites for hydroxylation is 1. The quantitative estimate of drug-likeness (QED) is 0.720. The second-order valence-electron chi connectivity index (χ2n) is 4.24. The van der Waals surface area contributed by atoms with Crippen molar-refractivity contribution in [3.05, 3.63) is 30.1 Å². The fourth-order valence-electron chi connectivity index (χ4n) is 1.71. The lowest BCUT2D eigenvalue weighted by molar-refractivity contribution is -0.118. The fourth-order valence-corrected chi connectivity index (χ4v) is 1.71. The van der Waals surface area contributed by atoms with Gasteiger partial charge in [0.05, 0.1) is 12.2 Å². The maximum Gasteiger partial charge on any atom is 0.321 e. The van der Waals surface area contributed by atoms with Gasteiger partial charge in [-0.1, -0.05) is 0 Å². The molecule has 0 saturated heterocycles. The molecule has 110 valence electrons. The lowest BCUT2D eigenvalue weighted by Crippen LogP contribution is -2.40. The third kappa shape index (κ3) is 3.75. The van der Waals surface area contributed by atoms with E-state index in [1.165, 1.54) is 13.4 Å². The van der Waals surface area contributed by atoms with Crippen LogP contribution in [0.15, 0.2) is 24.5 Å². The van der Waals surface area contributed by atoms with E-state index >= 15 is 0 Å². The van der Waals surface area contributed by atoms with Crippen molar-refractivity contribution in [3.8, 4) is 5.69 Å². The van der Waals surface area contributed by atoms with Crippen molar-refractivity contribution >= 4 is 17.6 Å². The number of carbonyl (C=O) groups excluding carboxylic acids is 2. The molecule has 0 unspecified atom stereocenters. The predicted molar refractivity (Wildman–Crippen MR) is 75.0 cm³/mol. The first-order chi connectivity index (χ1) is 10.1. The summed E-state index contributed by atoms with van der Waals surface area (Å²) in [6.07, 6.45) is 1.51. The number of nitrogens with zero attached hydrogens (tertiary/aromatic N) is 4. The Kier molecular flexibility index (Phi) is 4.44. The van der Waals surface area contributed by atoms with Gasteiger partial charge >= 0.3 is 6.03 Å². The van der Waals surface area contributed by atoms with E-state index in [1.54, 1.807) is 10.7 Å². The SMILES string of the molecule is CNC(=O)NC(=O)CNc1ccc(-n2cnnn2)c(C)c1. The van der Waals surface area contributed by atoms with Crippen molar-refractivity contribution in [1.82, 2.24) is 30.8 Å². The minimum absolute atomic E-state index is 0.00289. The topological polar surface area (TPSA) is 114 Å². The highest BCUT2D eigenvalue weighted by Crippen LogP contribution is 2.17. The smallest absolute Gasteiger partial charge is 0.321 e. The van der Waals surface area contributed by atoms with Crippen LogP contribution in [0, 0.1) is 6.92 Å². The number of aromatic nitrogens is 4. The molecule has 0 aliphatic carbocycles. The molecule has 2 aromatic rings. The van der Waals surface area contributed by atoms with Crippen molar-refractivity contribution < 1.29 is 9.59 Å². The number of benzene rings is 1. The predicted octanol–water partition coefficient (Wildman–Crippen LogP) is -0.162. The summed E-state index contributed by atoms with van der Waals surface area (Å²) in [5, 5.41) is 18.4. The molecule has 0 bridgehead atoms. The molecule has 1 heterocycles. The summed E-state index contributed by atoms with van der Waals surface area (Å²) < 4.78 is 1.55. The van der Waals surface area contributed by atoms with E-state index < -0.39 is 11.9 Å². The molecule has 9 nitrogen and oxygen atoms in total. The molecule has 0 atom stereocenters. The molecular weight excluding hydrogens is 274 g/mol. The molecule has 21 heavy (non-hydrogen) atoms. The van der Waals surface area contributed by atoms with Gasteiger partial charge in [0.25, 0.3) is 0 Å². The van der Waals surface area contributed by atoms with E-state index in [9.17, 15) is 9.59 Å². The second kappa shape index (κ2) is 6.46. The molecule has 1 aromatic heterocycles. The Morgan fingerprint density at radius 2 is 2.14 bits per heavy atom. The van der Waals surface area contributed by atoms with Gasteiger partial charge in [-0.2, -0.15) is 0 Å². The van der Waals surface area contributed by atoms with Crippen LogP contribution in [-0.2, 0) is 4.79 Å². The van der Waals surface area contributed by atoms with Crippen molar-refractivity contribution in [2.75, 3.05) is 18.9 Å². The van der Waals surface area contributed by atoms with E-state index in [1.807, 2.05) is 19.1 Å². The number of imide groups is 1. The summed E-state index contributed by atoms with van der Waals surface area (Å²) in [6, 6.07) is 4.97. The van der Waals surface area contributed by atoms with Gasteiger partial charge in [-0.3, -0.25) is 10.1 Å². The number of urea groups is 1. The molecule has 2 rings (SSSR count). The summed E-state index contributed by atoms with van der Waals surface area (Å²) >= 11 is 0. The van der Waals surface area contributed by atoms with Crippen molar-refractivity contribution in [2.24, 2.45) is 0 Å². The molecule has 0 saturated carbocycles. The third-order valence-electron chi connectivity index (χ3n) is 2.73. The average Bonchev–Trinajstić information content (AvgIpc) is 2.99. The molecular formula is C12H15N7O2. The van der Waals surface area contributed by atoms with Gasteiger partial charge in [-0.15, -0.1) is 5.10 Å². The van der Waals surface area contributed by atoms with Crippen LogP contribution >= 0.6 is 0 Å². The summed E-state index contributed by atoms with van der Waals surface area (Å²) in [4.78, 5) is 22.4. The summed E-state index contributed by atoms with van der Waals surface area (Å²) in [6.45, 7) is 1.91. The highest BCUT2D eigenvalue weighted by atomic mass is 16.2. The van der Waals surface area contributed by atoms with Crippen molar-refractivity contribution in [1.29, 1.82) is 0 Å². The van der Waals surface area contributed by atoms with Crippen LogP contribution in [0.25, 0.3) is 5.69 Å². The Hall–Kier alpha value is -2.97. The van der Waals surface area contributed by atoms with Gasteiger partial charge in [0.1, 0.15) is 6.33 Å². The van der Waals surface area contributed by atoms with Gasteiger partial charge < -0.3 is 10.6 Å². The van der Waals surface area contributed by atoms with Crippen LogP contribution in [0.2, 0.25) is 0 Å². The molecule has 0 fully saturated rings. The maximum absolute atomic E-state index is 11.5. The number of anilines is 1. The molecule has 0 aliphatic rings. The molecule has 9 heteroatoms. The zero-order valence-electron chi connectivity index (χ0n) is 11.6. The van der Waals surface area contributed by atoms with Crippen LogP contribution in [0.3, 0.4) is 0 Å². The van der Waals surface area contributed by atoms with Gasteiger partial charge in [0.15, 0.2) is 0 Å². The highest BCUT2D eigenvalue weighted by Gasteiger charge is 2.07. The van der Waals surface area contributed by atoms with Gasteiger partial charge in [-0.05, 0) is 41.1 Å². The number of amides is 3. The maximum atomic E-state index is 11.5. The Morgan fingerprint density at radius 1 is 1.33 bits per heavy atom. The highest BCUT2D eigenvalue weighted by molar-refractivity contribution is 5.96. The first kappa shape index (κ1) is 14.4. The van der Waals surface area contributed by atoms with E-state index in [2.05, 4.69) is 31.5 Å². The Labute approximate surface area is 120 Å². The summed E-state index contributed by atoms with van der Waals surface area (Å²) in [5.74, 6) is -0.420. The van der Waals surface area contributed by atoms with Crippen LogP contribution in [0.5, 0.6) is 0 Å². The normalized spacial score (nSPS) is 10.0. The Bertz CT molecular complexity index is 639. The van der Waals surface area contributed by atoms with Crippen LogP contribution in [-0.4, -0.2) is 45.7 Å². The molecule has 3 amide bonds. The van der Waals surface area contributed by atoms with Crippen LogP contribution in [0.4, 0.5) is 10.5 Å². The Balaban J connectivity index is 1.98. The lowest BCUT2D eigenvalue weighted by atomic mass is 10.2. The van der Waals surface area contributed by atoms with Crippen LogP contribution in [0.1, 0.15) is 5.56 Å². The summed E-state index contributed by atoms with van der Waals surface area (Å²) in [7, 11) is 1.44. The van der Waals surface area contributed by atoms with E-state index in [0.717, 1.165) is 16.9 Å². The van der Waals surface area contributed by atoms with E-state index in [4.69, 9.17) is 0 Å². The lowest BCUT2D eigenvalue weighted by Gasteiger charge is -2.10. The number of tetrazole rings is 1. The number of hydrogen-bond acceptors (Lipinski definition) is 6. The zero-order valence-corrected chi connectivity index (χ0v) is 11.6. The molecule has 0 radical (unpaired) electrons. The fraction of sp³-hybridized carbons (Fsp3) is 0.250. The van der Waals surface area contributed by atoms with Crippen LogP contribution < -0.4 is 16.0 Å². The molecule has 0 spiro atoms. The van der Waals surface area contributed by atoms with E-state index in [-0.39, 0.29) is 6.54 Å². The summed E-state index contributed by atoms with van der Waals surface area (Å²) in [5.41, 5.74) is 2.55. The van der Waals surface area contributed by atoms with E-state index in [0.29, 0.717) is 0 Å². The number of hydrogen-bond donors (Lipinski definition) is 3. The minimum atomic E-state index is -0.535. The zero-order chi connectivity index (χ0) is 15.2. The second-order valence-corrected chi connectivity index (χ2v) is 4.24. The van der Waals surface area contributed by atoms with Gasteiger partial charge in [0, 0.05) is 12.7 Å². The third-order valence-corrected chi connectivity index (χ3v) is 2.73. The first-order valence-corrected chi connectivity index (χ1v) is 6.19. The van der Waals surface area contributed by atoms with Gasteiger partial charge in [0.2, 0.25) is 5.91 Å². The number of nitrogens with one attached hydrogen (secondary N) is 3. The Morgan fingerprint density at radius 3 is 2.76 bits per heavy atom. The molecule has 0 aliphatic heterocycles. The molecule has 1 aromatic carbocycles.